The van der Waals surface area contributed by atoms with Crippen LogP contribution in [0.1, 0.15) is 0 Å². The van der Waals surface area contributed by atoms with Crippen LogP contribution in [0.2, 0.25) is 10.0 Å². The SMILES string of the molecule is Oc1ccccc1.[Na+].[O-]c1cccc(Cl)c1Cl. The zero-order valence-electron chi connectivity index (χ0n) is 9.23. The van der Waals surface area contributed by atoms with Crippen molar-refractivity contribution in [3.05, 3.63) is 58.6 Å². The molecule has 0 aliphatic heterocycles. The van der Waals surface area contributed by atoms with E-state index in [0.717, 1.165) is 0 Å². The number of hydrogen-bond acceptors (Lipinski definition) is 2. The van der Waals surface area contributed by atoms with Gasteiger partial charge in [-0.05, 0) is 18.2 Å². The van der Waals surface area contributed by atoms with Gasteiger partial charge in [0.05, 0.1) is 10.0 Å². The molecule has 0 atom stereocenters. The van der Waals surface area contributed by atoms with Crippen molar-refractivity contribution in [1.29, 1.82) is 0 Å². The van der Waals surface area contributed by atoms with Crippen LogP contribution in [0.25, 0.3) is 0 Å². The van der Waals surface area contributed by atoms with Gasteiger partial charge >= 0.3 is 29.6 Å². The molecule has 2 rings (SSSR count). The van der Waals surface area contributed by atoms with Gasteiger partial charge in [-0.2, -0.15) is 0 Å². The summed E-state index contributed by atoms with van der Waals surface area (Å²) < 4.78 is 0. The molecule has 2 aromatic rings. The van der Waals surface area contributed by atoms with Crippen LogP contribution in [-0.2, 0) is 0 Å². The molecule has 1 N–H and O–H groups in total. The van der Waals surface area contributed by atoms with Crippen molar-refractivity contribution in [3.63, 3.8) is 0 Å². The first kappa shape index (κ1) is 16.6. The van der Waals surface area contributed by atoms with Gasteiger partial charge in [0.2, 0.25) is 0 Å². The Morgan fingerprint density at radius 3 is 1.82 bits per heavy atom. The first-order valence-corrected chi connectivity index (χ1v) is 5.22. The maximum absolute atomic E-state index is 10.6. The van der Waals surface area contributed by atoms with Crippen LogP contribution < -0.4 is 34.7 Å². The fraction of sp³-hybridized carbons (Fsp3) is 0. The number of rotatable bonds is 0. The van der Waals surface area contributed by atoms with Crippen molar-refractivity contribution in [3.8, 4) is 11.5 Å². The van der Waals surface area contributed by atoms with Crippen molar-refractivity contribution in [2.45, 2.75) is 0 Å². The summed E-state index contributed by atoms with van der Waals surface area (Å²) in [5.41, 5.74) is 0. The summed E-state index contributed by atoms with van der Waals surface area (Å²) in [7, 11) is 0. The standard InChI is InChI=1S/C6H4Cl2O.C6H6O.Na/c7-4-2-1-3-5(9)6(4)8;7-6-4-2-1-3-5-6;/h1-3,9H;1-5,7H;/q;;+1/p-1. The van der Waals surface area contributed by atoms with Crippen LogP contribution in [-0.4, -0.2) is 5.11 Å². The number of halogens is 2. The molecule has 17 heavy (non-hydrogen) atoms. The quantitative estimate of drug-likeness (QED) is 0.712. The maximum atomic E-state index is 10.6. The Kier molecular flexibility index (Phi) is 8.48. The number of phenolic OH excluding ortho intramolecular Hbond substituents is 1. The van der Waals surface area contributed by atoms with Crippen LogP contribution in [0.5, 0.6) is 11.5 Å². The van der Waals surface area contributed by atoms with E-state index in [-0.39, 0.29) is 40.3 Å². The van der Waals surface area contributed by atoms with Gasteiger partial charge in [-0.25, -0.2) is 0 Å². The molecular weight excluding hydrogens is 270 g/mol. The molecule has 0 aromatic heterocycles. The fourth-order valence-corrected chi connectivity index (χ4v) is 1.20. The van der Waals surface area contributed by atoms with E-state index >= 15 is 0 Å². The molecule has 84 valence electrons. The van der Waals surface area contributed by atoms with E-state index in [1.165, 1.54) is 6.07 Å². The predicted octanol–water partition coefficient (Wildman–Crippen LogP) is 0.463. The third-order valence-electron chi connectivity index (χ3n) is 1.67. The molecule has 0 spiro atoms. The van der Waals surface area contributed by atoms with Gasteiger partial charge in [0, 0.05) is 0 Å². The van der Waals surface area contributed by atoms with Gasteiger partial charge in [-0.15, -0.1) is 0 Å². The molecule has 0 heterocycles. The second-order valence-corrected chi connectivity index (χ2v) is 3.67. The average Bonchev–Trinajstić information content (AvgIpc) is 2.28. The summed E-state index contributed by atoms with van der Waals surface area (Å²) in [6.45, 7) is 0. The monoisotopic (exact) mass is 278 g/mol. The largest absolute Gasteiger partial charge is 1.00 e. The predicted molar refractivity (Wildman–Crippen MR) is 64.0 cm³/mol. The van der Waals surface area contributed by atoms with Crippen molar-refractivity contribution < 1.29 is 39.8 Å². The molecule has 0 fully saturated rings. The molecule has 5 heteroatoms. The third kappa shape index (κ3) is 6.20. The summed E-state index contributed by atoms with van der Waals surface area (Å²) in [6, 6.07) is 13.2. The second-order valence-electron chi connectivity index (χ2n) is 2.89. The normalized spacial score (nSPS) is 8.59. The zero-order chi connectivity index (χ0) is 12.0. The summed E-state index contributed by atoms with van der Waals surface area (Å²) in [5, 5.41) is 19.7. The van der Waals surface area contributed by atoms with E-state index in [9.17, 15) is 5.11 Å². The Hall–Kier alpha value is -0.380. The van der Waals surface area contributed by atoms with Gasteiger partial charge in [0.15, 0.2) is 0 Å². The Balaban J connectivity index is 0.000000292. The third-order valence-corrected chi connectivity index (χ3v) is 2.47. The smallest absolute Gasteiger partial charge is 0.871 e. The minimum atomic E-state index is -0.232. The van der Waals surface area contributed by atoms with Crippen LogP contribution in [0, 0.1) is 0 Å². The fourth-order valence-electron chi connectivity index (χ4n) is 0.912. The number of benzene rings is 2. The molecular formula is C12H9Cl2NaO2. The summed E-state index contributed by atoms with van der Waals surface area (Å²) in [5.74, 6) is 0.0895. The minimum absolute atomic E-state index is 0. The van der Waals surface area contributed by atoms with E-state index in [4.69, 9.17) is 28.3 Å². The van der Waals surface area contributed by atoms with Gasteiger partial charge in [0.25, 0.3) is 0 Å². The van der Waals surface area contributed by atoms with Crippen molar-refractivity contribution in [2.75, 3.05) is 0 Å². The Bertz CT molecular complexity index is 429. The maximum Gasteiger partial charge on any atom is 1.00 e. The topological polar surface area (TPSA) is 43.3 Å². The Morgan fingerprint density at radius 2 is 1.47 bits per heavy atom. The summed E-state index contributed by atoms with van der Waals surface area (Å²) in [4.78, 5) is 0. The van der Waals surface area contributed by atoms with E-state index in [0.29, 0.717) is 10.8 Å². The van der Waals surface area contributed by atoms with Crippen LogP contribution in [0.4, 0.5) is 0 Å². The number of para-hydroxylation sites is 1. The molecule has 0 radical (unpaired) electrons. The van der Waals surface area contributed by atoms with Gasteiger partial charge in [-0.1, -0.05) is 59.3 Å². The van der Waals surface area contributed by atoms with Crippen molar-refractivity contribution in [2.24, 2.45) is 0 Å². The van der Waals surface area contributed by atoms with Crippen molar-refractivity contribution in [1.82, 2.24) is 0 Å². The Morgan fingerprint density at radius 1 is 0.882 bits per heavy atom. The van der Waals surface area contributed by atoms with Gasteiger partial charge in [-0.3, -0.25) is 0 Å². The molecule has 0 aliphatic rings. The van der Waals surface area contributed by atoms with E-state index in [2.05, 4.69) is 0 Å². The van der Waals surface area contributed by atoms with Crippen molar-refractivity contribution >= 4 is 23.2 Å². The summed E-state index contributed by atoms with van der Waals surface area (Å²) >= 11 is 10.9. The Labute approximate surface area is 132 Å². The molecule has 0 aliphatic carbocycles. The average molecular weight is 279 g/mol. The molecule has 0 bridgehead atoms. The van der Waals surface area contributed by atoms with E-state index in [1.54, 1.807) is 36.4 Å². The van der Waals surface area contributed by atoms with Crippen LogP contribution in [0.15, 0.2) is 48.5 Å². The molecule has 2 nitrogen and oxygen atoms in total. The van der Waals surface area contributed by atoms with Crippen LogP contribution >= 0.6 is 23.2 Å². The minimum Gasteiger partial charge on any atom is -0.871 e. The molecule has 0 saturated carbocycles. The summed E-state index contributed by atoms with van der Waals surface area (Å²) in [6.07, 6.45) is 0. The van der Waals surface area contributed by atoms with Gasteiger partial charge in [0.1, 0.15) is 5.75 Å². The van der Waals surface area contributed by atoms with E-state index in [1.807, 2.05) is 6.07 Å². The molecule has 0 unspecified atom stereocenters. The van der Waals surface area contributed by atoms with E-state index < -0.39 is 0 Å². The second kappa shape index (κ2) is 8.67. The number of phenols is 1. The number of hydrogen-bond donors (Lipinski definition) is 1. The zero-order valence-corrected chi connectivity index (χ0v) is 12.7. The molecule has 2 aromatic carbocycles. The van der Waals surface area contributed by atoms with Gasteiger partial charge < -0.3 is 10.2 Å². The first-order chi connectivity index (χ1) is 7.61. The molecule has 0 amide bonds. The first-order valence-electron chi connectivity index (χ1n) is 4.46. The van der Waals surface area contributed by atoms with Crippen LogP contribution in [0.3, 0.4) is 0 Å². The molecule has 0 saturated heterocycles. The number of aromatic hydroxyl groups is 1.